The average Bonchev–Trinajstić information content (AvgIpc) is 3.27. The van der Waals surface area contributed by atoms with Crippen LogP contribution in [0.4, 0.5) is 4.39 Å². The van der Waals surface area contributed by atoms with Gasteiger partial charge in [-0.2, -0.15) is 0 Å². The lowest BCUT2D eigenvalue weighted by Gasteiger charge is -2.36. The fourth-order valence-corrected chi connectivity index (χ4v) is 4.61. The molecular formula is C19H25FN4S. The fourth-order valence-electron chi connectivity index (χ4n) is 3.77. The topological polar surface area (TPSA) is 22.6 Å². The molecule has 25 heavy (non-hydrogen) atoms. The minimum Gasteiger partial charge on any atom is -0.304 e. The van der Waals surface area contributed by atoms with Crippen LogP contribution in [-0.4, -0.2) is 72.0 Å². The zero-order valence-corrected chi connectivity index (χ0v) is 15.5. The predicted octanol–water partition coefficient (Wildman–Crippen LogP) is 2.77. The number of piperazine rings is 1. The van der Waals surface area contributed by atoms with Gasteiger partial charge in [0.05, 0.1) is 12.2 Å². The van der Waals surface area contributed by atoms with Gasteiger partial charge in [0.1, 0.15) is 10.8 Å². The Bertz CT molecular complexity index is 694. The summed E-state index contributed by atoms with van der Waals surface area (Å²) in [5.41, 5.74) is 1.94. The number of likely N-dealkylation sites (N-methyl/N-ethyl adjacent to an activating group) is 1. The molecule has 0 saturated carbocycles. The van der Waals surface area contributed by atoms with E-state index in [0.717, 1.165) is 35.9 Å². The van der Waals surface area contributed by atoms with Crippen LogP contribution in [0.5, 0.6) is 0 Å². The van der Waals surface area contributed by atoms with Crippen molar-refractivity contribution in [1.29, 1.82) is 0 Å². The molecule has 6 heteroatoms. The lowest BCUT2D eigenvalue weighted by atomic mass is 10.2. The summed E-state index contributed by atoms with van der Waals surface area (Å²) in [4.78, 5) is 12.4. The maximum Gasteiger partial charge on any atom is 0.123 e. The number of nitrogens with zero attached hydrogens (tertiary/aromatic N) is 4. The number of aromatic nitrogens is 1. The van der Waals surface area contributed by atoms with Crippen molar-refractivity contribution in [1.82, 2.24) is 19.7 Å². The molecule has 0 radical (unpaired) electrons. The molecule has 2 aromatic rings. The van der Waals surface area contributed by atoms with Crippen molar-refractivity contribution < 1.29 is 4.39 Å². The Kier molecular flexibility index (Phi) is 5.12. The van der Waals surface area contributed by atoms with E-state index in [1.54, 1.807) is 23.5 Å². The highest BCUT2D eigenvalue weighted by atomic mass is 32.1. The first kappa shape index (κ1) is 17.1. The maximum absolute atomic E-state index is 13.1. The van der Waals surface area contributed by atoms with Gasteiger partial charge in [-0.25, -0.2) is 9.37 Å². The SMILES string of the molecule is CN1CCN([C@H]2CCN(Cc3nc(-c4ccc(F)cc4)cs3)C2)CC1. The zero-order chi connectivity index (χ0) is 17.2. The lowest BCUT2D eigenvalue weighted by molar-refractivity contribution is 0.112. The first-order valence-electron chi connectivity index (χ1n) is 9.03. The van der Waals surface area contributed by atoms with E-state index in [9.17, 15) is 4.39 Å². The second-order valence-electron chi connectivity index (χ2n) is 7.15. The summed E-state index contributed by atoms with van der Waals surface area (Å²) in [7, 11) is 2.21. The number of hydrogen-bond acceptors (Lipinski definition) is 5. The molecule has 2 aliphatic rings. The Morgan fingerprint density at radius 3 is 2.64 bits per heavy atom. The zero-order valence-electron chi connectivity index (χ0n) is 14.7. The molecule has 1 aromatic heterocycles. The molecule has 2 saturated heterocycles. The number of likely N-dealkylation sites (tertiary alicyclic amines) is 1. The van der Waals surface area contributed by atoms with E-state index in [1.165, 1.54) is 44.7 Å². The first-order valence-corrected chi connectivity index (χ1v) is 9.90. The van der Waals surface area contributed by atoms with Gasteiger partial charge in [-0.3, -0.25) is 9.80 Å². The number of thiazole rings is 1. The van der Waals surface area contributed by atoms with Crippen LogP contribution in [0.25, 0.3) is 11.3 Å². The molecule has 0 aliphatic carbocycles. The Morgan fingerprint density at radius 1 is 1.12 bits per heavy atom. The number of hydrogen-bond donors (Lipinski definition) is 0. The average molecular weight is 361 g/mol. The molecule has 3 heterocycles. The van der Waals surface area contributed by atoms with Crippen LogP contribution in [0.1, 0.15) is 11.4 Å². The van der Waals surface area contributed by atoms with Crippen molar-refractivity contribution in [2.75, 3.05) is 46.3 Å². The minimum atomic E-state index is -0.203. The van der Waals surface area contributed by atoms with Crippen molar-refractivity contribution in [3.63, 3.8) is 0 Å². The van der Waals surface area contributed by atoms with E-state index in [2.05, 4.69) is 27.1 Å². The molecule has 4 nitrogen and oxygen atoms in total. The van der Waals surface area contributed by atoms with Crippen molar-refractivity contribution in [2.24, 2.45) is 0 Å². The highest BCUT2D eigenvalue weighted by molar-refractivity contribution is 7.09. The van der Waals surface area contributed by atoms with Crippen molar-refractivity contribution in [3.05, 3.63) is 40.5 Å². The molecule has 0 amide bonds. The highest BCUT2D eigenvalue weighted by Gasteiger charge is 2.29. The summed E-state index contributed by atoms with van der Waals surface area (Å²) in [5, 5.41) is 3.23. The molecule has 4 rings (SSSR count). The molecule has 134 valence electrons. The third kappa shape index (κ3) is 4.08. The van der Waals surface area contributed by atoms with Gasteiger partial charge in [0, 0.05) is 56.3 Å². The minimum absolute atomic E-state index is 0.203. The van der Waals surface area contributed by atoms with Gasteiger partial charge in [-0.05, 0) is 37.7 Å². The van der Waals surface area contributed by atoms with Gasteiger partial charge in [-0.1, -0.05) is 0 Å². The van der Waals surface area contributed by atoms with Gasteiger partial charge < -0.3 is 4.90 Å². The highest BCUT2D eigenvalue weighted by Crippen LogP contribution is 2.25. The van der Waals surface area contributed by atoms with Crippen LogP contribution in [0, 0.1) is 5.82 Å². The molecule has 2 fully saturated rings. The largest absolute Gasteiger partial charge is 0.304 e. The maximum atomic E-state index is 13.1. The normalized spacial score (nSPS) is 23.4. The summed E-state index contributed by atoms with van der Waals surface area (Å²) >= 11 is 1.71. The van der Waals surface area contributed by atoms with E-state index in [1.807, 2.05) is 0 Å². The third-order valence-electron chi connectivity index (χ3n) is 5.35. The summed E-state index contributed by atoms with van der Waals surface area (Å²) in [6.07, 6.45) is 1.26. The molecular weight excluding hydrogens is 335 g/mol. The number of benzene rings is 1. The molecule has 1 aromatic carbocycles. The van der Waals surface area contributed by atoms with E-state index in [0.29, 0.717) is 6.04 Å². The number of rotatable bonds is 4. The van der Waals surface area contributed by atoms with E-state index < -0.39 is 0 Å². The third-order valence-corrected chi connectivity index (χ3v) is 6.19. The fraction of sp³-hybridized carbons (Fsp3) is 0.526. The van der Waals surface area contributed by atoms with Crippen LogP contribution in [0.3, 0.4) is 0 Å². The monoisotopic (exact) mass is 360 g/mol. The molecule has 2 aliphatic heterocycles. The Morgan fingerprint density at radius 2 is 1.88 bits per heavy atom. The van der Waals surface area contributed by atoms with Gasteiger partial charge in [0.15, 0.2) is 0 Å². The summed E-state index contributed by atoms with van der Waals surface area (Å²) in [6, 6.07) is 7.29. The van der Waals surface area contributed by atoms with Crippen LogP contribution < -0.4 is 0 Å². The summed E-state index contributed by atoms with van der Waals surface area (Å²) in [5.74, 6) is -0.203. The Labute approximate surface area is 152 Å². The Hall–Kier alpha value is -1.34. The molecule has 0 N–H and O–H groups in total. The van der Waals surface area contributed by atoms with E-state index in [4.69, 9.17) is 4.98 Å². The van der Waals surface area contributed by atoms with Crippen LogP contribution in [0.2, 0.25) is 0 Å². The van der Waals surface area contributed by atoms with Crippen molar-refractivity contribution >= 4 is 11.3 Å². The van der Waals surface area contributed by atoms with Crippen LogP contribution >= 0.6 is 11.3 Å². The van der Waals surface area contributed by atoms with Crippen LogP contribution in [0.15, 0.2) is 29.6 Å². The van der Waals surface area contributed by atoms with Crippen molar-refractivity contribution in [3.8, 4) is 11.3 Å². The van der Waals surface area contributed by atoms with Gasteiger partial charge >= 0.3 is 0 Å². The quantitative estimate of drug-likeness (QED) is 0.836. The molecule has 0 bridgehead atoms. The smallest absolute Gasteiger partial charge is 0.123 e. The number of halogens is 1. The summed E-state index contributed by atoms with van der Waals surface area (Å²) < 4.78 is 13.1. The second kappa shape index (κ2) is 7.50. The van der Waals surface area contributed by atoms with Crippen LogP contribution in [-0.2, 0) is 6.54 Å². The second-order valence-corrected chi connectivity index (χ2v) is 8.09. The summed E-state index contributed by atoms with van der Waals surface area (Å²) in [6.45, 7) is 7.99. The van der Waals surface area contributed by atoms with Gasteiger partial charge in [0.2, 0.25) is 0 Å². The Balaban J connectivity index is 1.33. The van der Waals surface area contributed by atoms with Crippen molar-refractivity contribution in [2.45, 2.75) is 19.0 Å². The molecule has 1 atom stereocenters. The van der Waals surface area contributed by atoms with E-state index in [-0.39, 0.29) is 5.82 Å². The standard InChI is InChI=1S/C19H25FN4S/c1-22-8-10-24(11-9-22)17-6-7-23(12-17)13-19-21-18(14-25-19)15-2-4-16(20)5-3-15/h2-5,14,17H,6-13H2,1H3/t17-/m0/s1. The molecule has 0 unspecified atom stereocenters. The van der Waals surface area contributed by atoms with Gasteiger partial charge in [-0.15, -0.1) is 11.3 Å². The van der Waals surface area contributed by atoms with E-state index >= 15 is 0 Å². The first-order chi connectivity index (χ1) is 12.2. The molecule has 0 spiro atoms. The van der Waals surface area contributed by atoms with Gasteiger partial charge in [0.25, 0.3) is 0 Å². The predicted molar refractivity (Wildman–Crippen MR) is 100 cm³/mol. The lowest BCUT2D eigenvalue weighted by Crippen LogP contribution is -2.49.